The minimum atomic E-state index is -0.0198. The summed E-state index contributed by atoms with van der Waals surface area (Å²) in [4.78, 5) is 11.8. The van der Waals surface area contributed by atoms with Gasteiger partial charge in [0, 0.05) is 37.8 Å². The number of carbonyl (C=O) groups excluding carboxylic acids is 1. The van der Waals surface area contributed by atoms with Crippen LogP contribution in [0.15, 0.2) is 24.3 Å². The fraction of sp³-hybridized carbons (Fsp3) is 0.438. The van der Waals surface area contributed by atoms with Crippen LogP contribution in [0.1, 0.15) is 25.3 Å². The van der Waals surface area contributed by atoms with Gasteiger partial charge in [-0.15, -0.1) is 0 Å². The van der Waals surface area contributed by atoms with Crippen molar-refractivity contribution in [2.75, 3.05) is 25.6 Å². The van der Waals surface area contributed by atoms with Crippen molar-refractivity contribution in [3.8, 4) is 11.8 Å². The van der Waals surface area contributed by atoms with Gasteiger partial charge < -0.3 is 15.2 Å². The first-order chi connectivity index (χ1) is 9.65. The molecular weight excluding hydrogens is 254 g/mol. The lowest BCUT2D eigenvalue weighted by molar-refractivity contribution is -0.117. The van der Waals surface area contributed by atoms with Gasteiger partial charge in [0.05, 0.1) is 6.61 Å². The van der Waals surface area contributed by atoms with Crippen molar-refractivity contribution in [3.05, 3.63) is 29.8 Å². The van der Waals surface area contributed by atoms with E-state index in [-0.39, 0.29) is 18.4 Å². The molecule has 0 saturated carbocycles. The number of aliphatic hydroxyl groups excluding tert-OH is 1. The van der Waals surface area contributed by atoms with Crippen molar-refractivity contribution in [2.24, 2.45) is 5.92 Å². The highest BCUT2D eigenvalue weighted by molar-refractivity contribution is 5.90. The monoisotopic (exact) mass is 275 g/mol. The van der Waals surface area contributed by atoms with E-state index in [1.54, 1.807) is 7.11 Å². The van der Waals surface area contributed by atoms with Gasteiger partial charge in [0.25, 0.3) is 0 Å². The molecule has 0 aliphatic heterocycles. The summed E-state index contributed by atoms with van der Waals surface area (Å²) in [5.74, 6) is 5.96. The maximum atomic E-state index is 11.8. The predicted octanol–water partition coefficient (Wildman–Crippen LogP) is 2.03. The molecule has 1 amide bonds. The number of aliphatic hydroxyl groups is 1. The topological polar surface area (TPSA) is 58.6 Å². The molecule has 0 spiro atoms. The predicted molar refractivity (Wildman–Crippen MR) is 79.3 cm³/mol. The van der Waals surface area contributed by atoms with Crippen molar-refractivity contribution in [1.29, 1.82) is 0 Å². The van der Waals surface area contributed by atoms with Crippen molar-refractivity contribution in [2.45, 2.75) is 19.8 Å². The standard InChI is InChI=1S/C16H21NO3/c1-13(12-20-2)11-16(19)17-15-8-6-14(7-9-15)5-3-4-10-18/h6-9,13,18H,4,10-12H2,1-2H3,(H,17,19). The van der Waals surface area contributed by atoms with Crippen LogP contribution in [0, 0.1) is 17.8 Å². The molecule has 2 N–H and O–H groups in total. The zero-order chi connectivity index (χ0) is 14.8. The van der Waals surface area contributed by atoms with E-state index < -0.39 is 0 Å². The SMILES string of the molecule is COCC(C)CC(=O)Nc1ccc(C#CCCO)cc1. The van der Waals surface area contributed by atoms with E-state index in [1.165, 1.54) is 0 Å². The molecule has 0 radical (unpaired) electrons. The van der Waals surface area contributed by atoms with Crippen molar-refractivity contribution in [1.82, 2.24) is 0 Å². The Kier molecular flexibility index (Phi) is 7.41. The van der Waals surface area contributed by atoms with E-state index in [9.17, 15) is 4.79 Å². The Balaban J connectivity index is 2.49. The van der Waals surface area contributed by atoms with Crippen molar-refractivity contribution >= 4 is 11.6 Å². The van der Waals surface area contributed by atoms with Crippen LogP contribution in [0.25, 0.3) is 0 Å². The number of hydrogen-bond donors (Lipinski definition) is 2. The Bertz CT molecular complexity index is 471. The third-order valence-corrected chi connectivity index (χ3v) is 2.62. The maximum absolute atomic E-state index is 11.8. The third-order valence-electron chi connectivity index (χ3n) is 2.62. The van der Waals surface area contributed by atoms with Crippen LogP contribution in [0.3, 0.4) is 0 Å². The zero-order valence-electron chi connectivity index (χ0n) is 12.0. The second kappa shape index (κ2) is 9.13. The fourth-order valence-corrected chi connectivity index (χ4v) is 1.73. The number of benzene rings is 1. The lowest BCUT2D eigenvalue weighted by atomic mass is 10.1. The van der Waals surface area contributed by atoms with Gasteiger partial charge in [-0.2, -0.15) is 0 Å². The average molecular weight is 275 g/mol. The van der Waals surface area contributed by atoms with Crippen LogP contribution in [0.2, 0.25) is 0 Å². The number of carbonyl (C=O) groups is 1. The van der Waals surface area contributed by atoms with E-state index in [1.807, 2.05) is 31.2 Å². The number of ether oxygens (including phenoxy) is 1. The molecule has 0 aliphatic rings. The van der Waals surface area contributed by atoms with E-state index in [2.05, 4.69) is 17.2 Å². The Morgan fingerprint density at radius 2 is 2.10 bits per heavy atom. The number of anilines is 1. The lowest BCUT2D eigenvalue weighted by Crippen LogP contribution is -2.17. The summed E-state index contributed by atoms with van der Waals surface area (Å²) in [6.07, 6.45) is 0.905. The van der Waals surface area contributed by atoms with Crippen LogP contribution < -0.4 is 5.32 Å². The molecule has 20 heavy (non-hydrogen) atoms. The summed E-state index contributed by atoms with van der Waals surface area (Å²) in [5, 5.41) is 11.5. The third kappa shape index (κ3) is 6.37. The average Bonchev–Trinajstić information content (AvgIpc) is 2.41. The molecule has 1 unspecified atom stereocenters. The molecule has 108 valence electrons. The van der Waals surface area contributed by atoms with Gasteiger partial charge in [-0.05, 0) is 30.2 Å². The summed E-state index contributed by atoms with van der Waals surface area (Å²) >= 11 is 0. The van der Waals surface area contributed by atoms with Gasteiger partial charge in [0.2, 0.25) is 5.91 Å². The first kappa shape index (κ1) is 16.2. The Hall–Kier alpha value is -1.83. The summed E-state index contributed by atoms with van der Waals surface area (Å²) in [6.45, 7) is 2.62. The van der Waals surface area contributed by atoms with Crippen LogP contribution >= 0.6 is 0 Å². The highest BCUT2D eigenvalue weighted by atomic mass is 16.5. The Labute approximate surface area is 120 Å². The van der Waals surface area contributed by atoms with Gasteiger partial charge in [-0.1, -0.05) is 18.8 Å². The largest absolute Gasteiger partial charge is 0.395 e. The van der Waals surface area contributed by atoms with Crippen LogP contribution in [-0.2, 0) is 9.53 Å². The Morgan fingerprint density at radius 1 is 1.40 bits per heavy atom. The van der Waals surface area contributed by atoms with E-state index >= 15 is 0 Å². The number of amides is 1. The number of methoxy groups -OCH3 is 1. The molecule has 4 nitrogen and oxygen atoms in total. The second-order valence-electron chi connectivity index (χ2n) is 4.67. The minimum absolute atomic E-state index is 0.0198. The quantitative estimate of drug-likeness (QED) is 0.781. The van der Waals surface area contributed by atoms with E-state index in [4.69, 9.17) is 9.84 Å². The van der Waals surface area contributed by atoms with Gasteiger partial charge in [0.1, 0.15) is 0 Å². The molecule has 0 fully saturated rings. The number of nitrogens with one attached hydrogen (secondary N) is 1. The maximum Gasteiger partial charge on any atom is 0.224 e. The lowest BCUT2D eigenvalue weighted by Gasteiger charge is -2.10. The summed E-state index contributed by atoms with van der Waals surface area (Å²) in [6, 6.07) is 7.33. The highest BCUT2D eigenvalue weighted by Gasteiger charge is 2.08. The van der Waals surface area contributed by atoms with Crippen LogP contribution in [-0.4, -0.2) is 31.3 Å². The molecule has 0 aromatic heterocycles. The van der Waals surface area contributed by atoms with Gasteiger partial charge >= 0.3 is 0 Å². The first-order valence-electron chi connectivity index (χ1n) is 6.64. The second-order valence-corrected chi connectivity index (χ2v) is 4.67. The minimum Gasteiger partial charge on any atom is -0.395 e. The smallest absolute Gasteiger partial charge is 0.224 e. The summed E-state index contributed by atoms with van der Waals surface area (Å²) in [7, 11) is 1.63. The van der Waals surface area contributed by atoms with Gasteiger partial charge in [-0.3, -0.25) is 4.79 Å². The summed E-state index contributed by atoms with van der Waals surface area (Å²) < 4.78 is 5.00. The van der Waals surface area contributed by atoms with Gasteiger partial charge in [0.15, 0.2) is 0 Å². The number of hydrogen-bond acceptors (Lipinski definition) is 3. The van der Waals surface area contributed by atoms with E-state index in [0.29, 0.717) is 19.4 Å². The fourth-order valence-electron chi connectivity index (χ4n) is 1.73. The molecule has 1 aromatic carbocycles. The highest BCUT2D eigenvalue weighted by Crippen LogP contribution is 2.11. The normalized spacial score (nSPS) is 11.3. The first-order valence-corrected chi connectivity index (χ1v) is 6.64. The molecule has 0 saturated heterocycles. The molecule has 0 bridgehead atoms. The zero-order valence-corrected chi connectivity index (χ0v) is 12.0. The van der Waals surface area contributed by atoms with Crippen LogP contribution in [0.5, 0.6) is 0 Å². The van der Waals surface area contributed by atoms with Crippen molar-refractivity contribution < 1.29 is 14.6 Å². The molecule has 1 atom stereocenters. The molecule has 0 aliphatic carbocycles. The molecule has 0 heterocycles. The Morgan fingerprint density at radius 3 is 2.70 bits per heavy atom. The van der Waals surface area contributed by atoms with Crippen molar-refractivity contribution in [3.63, 3.8) is 0 Å². The van der Waals surface area contributed by atoms with Crippen LogP contribution in [0.4, 0.5) is 5.69 Å². The van der Waals surface area contributed by atoms with Gasteiger partial charge in [-0.25, -0.2) is 0 Å². The molecule has 1 aromatic rings. The summed E-state index contributed by atoms with van der Waals surface area (Å²) in [5.41, 5.74) is 1.62. The molecule has 1 rings (SSSR count). The van der Waals surface area contributed by atoms with E-state index in [0.717, 1.165) is 11.3 Å². The molecule has 4 heteroatoms. The molecular formula is C16H21NO3. The number of rotatable bonds is 6.